The van der Waals surface area contributed by atoms with Crippen molar-refractivity contribution in [1.29, 1.82) is 0 Å². The van der Waals surface area contributed by atoms with Gasteiger partial charge < -0.3 is 15.5 Å². The van der Waals surface area contributed by atoms with Crippen molar-refractivity contribution in [3.8, 4) is 0 Å². The molecular weight excluding hydrogens is 324 g/mol. The van der Waals surface area contributed by atoms with E-state index >= 15 is 0 Å². The number of likely N-dealkylation sites (tertiary alicyclic amines) is 1. The molecule has 0 spiro atoms. The minimum atomic E-state index is -0.00994. The van der Waals surface area contributed by atoms with Crippen LogP contribution in [0.4, 0.5) is 11.4 Å². The Kier molecular flexibility index (Phi) is 5.33. The lowest BCUT2D eigenvalue weighted by atomic mass is 10.0. The molecule has 1 amide bonds. The number of nitrogens with zero attached hydrogens (tertiary/aromatic N) is 2. The number of hydrogen-bond acceptors (Lipinski definition) is 4. The monoisotopic (exact) mass is 344 g/mol. The van der Waals surface area contributed by atoms with Crippen molar-refractivity contribution < 1.29 is 4.79 Å². The molecule has 1 aliphatic rings. The summed E-state index contributed by atoms with van der Waals surface area (Å²) in [5.74, 6) is -0.00994. The van der Waals surface area contributed by atoms with Crippen LogP contribution in [0.1, 0.15) is 23.2 Å². The highest BCUT2D eigenvalue weighted by Gasteiger charge is 2.18. The van der Waals surface area contributed by atoms with E-state index in [1.54, 1.807) is 12.3 Å². The maximum absolute atomic E-state index is 12.3. The molecule has 1 aromatic heterocycles. The van der Waals surface area contributed by atoms with Crippen LogP contribution >= 0.6 is 11.6 Å². The maximum Gasteiger partial charge on any atom is 0.251 e. The molecule has 2 N–H and O–H groups in total. The first-order valence-electron chi connectivity index (χ1n) is 8.08. The van der Waals surface area contributed by atoms with Gasteiger partial charge in [0.25, 0.3) is 5.91 Å². The summed E-state index contributed by atoms with van der Waals surface area (Å²) in [6.07, 6.45) is 3.68. The summed E-state index contributed by atoms with van der Waals surface area (Å²) in [4.78, 5) is 18.6. The SMILES string of the molecule is CN1CCC(NC(=O)c2ccc(Nc3ccc(Cl)nc3)cc2)CC1. The standard InChI is InChI=1S/C18H21ClN4O/c1-23-10-8-15(9-11-23)22-18(24)13-2-4-14(5-3-13)21-16-6-7-17(19)20-12-16/h2-7,12,15,21H,8-11H2,1H3,(H,22,24). The summed E-state index contributed by atoms with van der Waals surface area (Å²) in [7, 11) is 2.11. The quantitative estimate of drug-likeness (QED) is 0.835. The molecule has 5 nitrogen and oxygen atoms in total. The van der Waals surface area contributed by atoms with Gasteiger partial charge in [-0.15, -0.1) is 0 Å². The van der Waals surface area contributed by atoms with E-state index in [-0.39, 0.29) is 11.9 Å². The van der Waals surface area contributed by atoms with Crippen LogP contribution in [0.15, 0.2) is 42.6 Å². The van der Waals surface area contributed by atoms with E-state index in [0.29, 0.717) is 10.7 Å². The van der Waals surface area contributed by atoms with Gasteiger partial charge in [0.2, 0.25) is 0 Å². The lowest BCUT2D eigenvalue weighted by molar-refractivity contribution is 0.0917. The zero-order valence-corrected chi connectivity index (χ0v) is 14.4. The van der Waals surface area contributed by atoms with Gasteiger partial charge >= 0.3 is 0 Å². The van der Waals surface area contributed by atoms with E-state index in [9.17, 15) is 4.79 Å². The van der Waals surface area contributed by atoms with Gasteiger partial charge in [0, 0.05) is 17.3 Å². The number of anilines is 2. The summed E-state index contributed by atoms with van der Waals surface area (Å²) in [5.41, 5.74) is 2.42. The fourth-order valence-electron chi connectivity index (χ4n) is 2.74. The van der Waals surface area contributed by atoms with Crippen molar-refractivity contribution in [2.24, 2.45) is 0 Å². The Morgan fingerprint density at radius 1 is 1.12 bits per heavy atom. The molecule has 0 aliphatic carbocycles. The van der Waals surface area contributed by atoms with E-state index < -0.39 is 0 Å². The molecule has 0 bridgehead atoms. The van der Waals surface area contributed by atoms with E-state index in [1.165, 1.54) is 0 Å². The number of nitrogens with one attached hydrogen (secondary N) is 2. The lowest BCUT2D eigenvalue weighted by Crippen LogP contribution is -2.43. The van der Waals surface area contributed by atoms with Gasteiger partial charge in [-0.2, -0.15) is 0 Å². The topological polar surface area (TPSA) is 57.3 Å². The number of amides is 1. The van der Waals surface area contributed by atoms with E-state index in [1.807, 2.05) is 30.3 Å². The van der Waals surface area contributed by atoms with Crippen LogP contribution in [-0.4, -0.2) is 42.0 Å². The van der Waals surface area contributed by atoms with Gasteiger partial charge in [-0.05, 0) is 69.4 Å². The molecule has 6 heteroatoms. The van der Waals surface area contributed by atoms with Crippen LogP contribution in [0, 0.1) is 0 Å². The van der Waals surface area contributed by atoms with Gasteiger partial charge in [-0.25, -0.2) is 4.98 Å². The molecule has 1 aliphatic heterocycles. The Morgan fingerprint density at radius 3 is 2.42 bits per heavy atom. The molecule has 0 radical (unpaired) electrons. The molecule has 3 rings (SSSR count). The normalized spacial score (nSPS) is 15.9. The van der Waals surface area contributed by atoms with Crippen molar-refractivity contribution in [3.05, 3.63) is 53.3 Å². The van der Waals surface area contributed by atoms with Crippen LogP contribution < -0.4 is 10.6 Å². The number of halogens is 1. The fraction of sp³-hybridized carbons (Fsp3) is 0.333. The maximum atomic E-state index is 12.3. The molecule has 0 saturated carbocycles. The Balaban J connectivity index is 1.57. The molecule has 2 heterocycles. The highest BCUT2D eigenvalue weighted by Crippen LogP contribution is 2.18. The second-order valence-corrected chi connectivity index (χ2v) is 6.51. The van der Waals surface area contributed by atoms with Gasteiger partial charge in [0.1, 0.15) is 5.15 Å². The summed E-state index contributed by atoms with van der Waals surface area (Å²) in [5, 5.41) is 6.81. The van der Waals surface area contributed by atoms with Crippen molar-refractivity contribution in [2.45, 2.75) is 18.9 Å². The number of benzene rings is 1. The van der Waals surface area contributed by atoms with Crippen LogP contribution in [0.25, 0.3) is 0 Å². The first-order chi connectivity index (χ1) is 11.6. The first kappa shape index (κ1) is 16.7. The smallest absolute Gasteiger partial charge is 0.251 e. The van der Waals surface area contributed by atoms with Crippen molar-refractivity contribution >= 4 is 28.9 Å². The summed E-state index contributed by atoms with van der Waals surface area (Å²) >= 11 is 5.77. The largest absolute Gasteiger partial charge is 0.354 e. The average Bonchev–Trinajstić information content (AvgIpc) is 2.59. The van der Waals surface area contributed by atoms with Crippen molar-refractivity contribution in [2.75, 3.05) is 25.5 Å². The zero-order chi connectivity index (χ0) is 16.9. The zero-order valence-electron chi connectivity index (χ0n) is 13.6. The molecule has 1 saturated heterocycles. The van der Waals surface area contributed by atoms with Crippen LogP contribution in [0.3, 0.4) is 0 Å². The Hall–Kier alpha value is -2.11. The van der Waals surface area contributed by atoms with Crippen molar-refractivity contribution in [3.63, 3.8) is 0 Å². The summed E-state index contributed by atoms with van der Waals surface area (Å²) in [6.45, 7) is 2.06. The molecule has 2 aromatic rings. The molecule has 126 valence electrons. The first-order valence-corrected chi connectivity index (χ1v) is 8.46. The Morgan fingerprint density at radius 2 is 1.79 bits per heavy atom. The summed E-state index contributed by atoms with van der Waals surface area (Å²) in [6, 6.07) is 11.3. The third kappa shape index (κ3) is 4.46. The van der Waals surface area contributed by atoms with E-state index in [0.717, 1.165) is 37.3 Å². The molecular formula is C18H21ClN4O. The Labute approximate surface area is 147 Å². The predicted molar refractivity (Wildman–Crippen MR) is 97.0 cm³/mol. The minimum absolute atomic E-state index is 0.00994. The second kappa shape index (κ2) is 7.64. The molecule has 1 fully saturated rings. The van der Waals surface area contributed by atoms with Gasteiger partial charge in [0.05, 0.1) is 11.9 Å². The number of hydrogen-bond donors (Lipinski definition) is 2. The third-order valence-electron chi connectivity index (χ3n) is 4.22. The summed E-state index contributed by atoms with van der Waals surface area (Å²) < 4.78 is 0. The molecule has 0 atom stereocenters. The average molecular weight is 345 g/mol. The number of rotatable bonds is 4. The number of pyridine rings is 1. The fourth-order valence-corrected chi connectivity index (χ4v) is 2.85. The molecule has 1 aromatic carbocycles. The molecule has 24 heavy (non-hydrogen) atoms. The van der Waals surface area contributed by atoms with Crippen molar-refractivity contribution in [1.82, 2.24) is 15.2 Å². The highest BCUT2D eigenvalue weighted by atomic mass is 35.5. The van der Waals surface area contributed by atoms with Crippen LogP contribution in [0.5, 0.6) is 0 Å². The van der Waals surface area contributed by atoms with Gasteiger partial charge in [0.15, 0.2) is 0 Å². The van der Waals surface area contributed by atoms with E-state index in [2.05, 4.69) is 27.6 Å². The predicted octanol–water partition coefficient (Wildman–Crippen LogP) is 3.30. The molecule has 0 unspecified atom stereocenters. The van der Waals surface area contributed by atoms with Gasteiger partial charge in [-0.3, -0.25) is 4.79 Å². The van der Waals surface area contributed by atoms with E-state index in [4.69, 9.17) is 11.6 Å². The second-order valence-electron chi connectivity index (χ2n) is 6.12. The van der Waals surface area contributed by atoms with Crippen LogP contribution in [-0.2, 0) is 0 Å². The van der Waals surface area contributed by atoms with Gasteiger partial charge in [-0.1, -0.05) is 11.6 Å². The minimum Gasteiger partial charge on any atom is -0.354 e. The number of piperidine rings is 1. The highest BCUT2D eigenvalue weighted by molar-refractivity contribution is 6.29. The Bertz CT molecular complexity index is 679. The number of carbonyl (C=O) groups is 1. The lowest BCUT2D eigenvalue weighted by Gasteiger charge is -2.29. The van der Waals surface area contributed by atoms with Crippen LogP contribution in [0.2, 0.25) is 5.15 Å². The third-order valence-corrected chi connectivity index (χ3v) is 4.44. The number of aromatic nitrogens is 1. The number of carbonyl (C=O) groups excluding carboxylic acids is 1.